The highest BCUT2D eigenvalue weighted by atomic mass is 19.1. The minimum atomic E-state index is -0.422. The number of hydrogen-bond acceptors (Lipinski definition) is 8. The molecule has 0 radical (unpaired) electrons. The van der Waals surface area contributed by atoms with Crippen molar-refractivity contribution in [2.75, 3.05) is 33.5 Å². The average Bonchev–Trinajstić information content (AvgIpc) is 3.28. The highest BCUT2D eigenvalue weighted by Gasteiger charge is 2.25. The lowest BCUT2D eigenvalue weighted by molar-refractivity contribution is -0.148. The average molecular weight is 495 g/mol. The van der Waals surface area contributed by atoms with Crippen molar-refractivity contribution >= 4 is 17.1 Å². The van der Waals surface area contributed by atoms with Crippen LogP contribution >= 0.6 is 0 Å². The molecule has 0 amide bonds. The first-order valence-electron chi connectivity index (χ1n) is 11.5. The number of aromatic nitrogens is 2. The molecule has 2 heterocycles. The van der Waals surface area contributed by atoms with Crippen LogP contribution in [-0.2, 0) is 14.3 Å². The summed E-state index contributed by atoms with van der Waals surface area (Å²) in [4.78, 5) is 20.1. The third-order valence-electron chi connectivity index (χ3n) is 5.38. The van der Waals surface area contributed by atoms with E-state index in [4.69, 9.17) is 23.4 Å². The van der Waals surface area contributed by atoms with E-state index in [0.29, 0.717) is 47.1 Å². The molecule has 8 nitrogen and oxygen atoms in total. The van der Waals surface area contributed by atoms with Crippen molar-refractivity contribution in [1.82, 2.24) is 9.97 Å². The van der Waals surface area contributed by atoms with Gasteiger partial charge < -0.3 is 23.4 Å². The van der Waals surface area contributed by atoms with Gasteiger partial charge in [-0.2, -0.15) is 0 Å². The Hall–Kier alpha value is -3.98. The predicted molar refractivity (Wildman–Crippen MR) is 131 cm³/mol. The number of ether oxygens (including phenoxy) is 4. The Morgan fingerprint density at radius 2 is 1.86 bits per heavy atom. The summed E-state index contributed by atoms with van der Waals surface area (Å²) in [5.41, 5.74) is 1.95. The Labute approximate surface area is 208 Å². The zero-order valence-electron chi connectivity index (χ0n) is 20.3. The molecule has 9 heteroatoms. The molecular weight excluding hydrogens is 467 g/mol. The summed E-state index contributed by atoms with van der Waals surface area (Å²) in [5, 5.41) is 0.528. The van der Waals surface area contributed by atoms with Gasteiger partial charge in [0.05, 0.1) is 32.5 Å². The molecule has 0 N–H and O–H groups in total. The van der Waals surface area contributed by atoms with E-state index >= 15 is 0 Å². The van der Waals surface area contributed by atoms with Gasteiger partial charge in [-0.3, -0.25) is 0 Å². The van der Waals surface area contributed by atoms with Gasteiger partial charge in [-0.05, 0) is 36.8 Å². The standard InChI is InChI=1S/C27H27FN2O6/c1-4-34-22(31)15-33-13-17(2)14-35-26-24-23(18-9-11-19(32-3)12-10-18)25(36-27(24)30-16-29-26)20-7-5-6-8-21(20)28/h5-12,16-17H,4,13-15H2,1-3H3/t17-/m1/s1. The predicted octanol–water partition coefficient (Wildman–Crippen LogP) is 5.30. The lowest BCUT2D eigenvalue weighted by Gasteiger charge is -2.13. The molecule has 0 aliphatic heterocycles. The van der Waals surface area contributed by atoms with E-state index in [1.54, 1.807) is 32.2 Å². The fourth-order valence-corrected chi connectivity index (χ4v) is 3.70. The van der Waals surface area contributed by atoms with Crippen LogP contribution in [0.5, 0.6) is 11.6 Å². The second-order valence-electron chi connectivity index (χ2n) is 8.11. The van der Waals surface area contributed by atoms with E-state index in [2.05, 4.69) is 9.97 Å². The topological polar surface area (TPSA) is 92.9 Å². The number of methoxy groups -OCH3 is 1. The third-order valence-corrected chi connectivity index (χ3v) is 5.38. The van der Waals surface area contributed by atoms with E-state index in [-0.39, 0.29) is 24.8 Å². The molecule has 36 heavy (non-hydrogen) atoms. The highest BCUT2D eigenvalue weighted by Crippen LogP contribution is 2.44. The lowest BCUT2D eigenvalue weighted by atomic mass is 9.99. The van der Waals surface area contributed by atoms with Crippen molar-refractivity contribution in [2.24, 2.45) is 5.92 Å². The Balaban J connectivity index is 1.67. The minimum absolute atomic E-state index is 0.0492. The van der Waals surface area contributed by atoms with Gasteiger partial charge in [0.25, 0.3) is 0 Å². The maximum atomic E-state index is 14.8. The van der Waals surface area contributed by atoms with Gasteiger partial charge in [0.15, 0.2) is 0 Å². The molecule has 0 aliphatic rings. The largest absolute Gasteiger partial charge is 0.497 e. The molecule has 0 spiro atoms. The molecule has 4 rings (SSSR count). The maximum absolute atomic E-state index is 14.8. The fraction of sp³-hybridized carbons (Fsp3) is 0.296. The molecule has 0 saturated heterocycles. The molecule has 2 aromatic carbocycles. The van der Waals surface area contributed by atoms with Gasteiger partial charge >= 0.3 is 5.97 Å². The maximum Gasteiger partial charge on any atom is 0.332 e. The van der Waals surface area contributed by atoms with Crippen molar-refractivity contribution in [3.8, 4) is 34.1 Å². The zero-order chi connectivity index (χ0) is 25.5. The number of rotatable bonds is 11. The number of esters is 1. The molecule has 0 saturated carbocycles. The Morgan fingerprint density at radius 1 is 1.08 bits per heavy atom. The Morgan fingerprint density at radius 3 is 2.58 bits per heavy atom. The number of halogens is 1. The first-order chi connectivity index (χ1) is 17.5. The van der Waals surface area contributed by atoms with E-state index in [0.717, 1.165) is 5.56 Å². The van der Waals surface area contributed by atoms with Gasteiger partial charge in [-0.25, -0.2) is 19.2 Å². The van der Waals surface area contributed by atoms with Crippen LogP contribution in [0.3, 0.4) is 0 Å². The SMILES string of the molecule is CCOC(=O)COC[C@@H](C)COc1ncnc2oc(-c3ccccc3F)c(-c3ccc(OC)cc3)c12. The van der Waals surface area contributed by atoms with Crippen molar-refractivity contribution in [3.05, 3.63) is 60.7 Å². The first-order valence-corrected chi connectivity index (χ1v) is 11.5. The molecule has 4 aromatic rings. The second kappa shape index (κ2) is 11.6. The first kappa shape index (κ1) is 25.1. The van der Waals surface area contributed by atoms with Crippen molar-refractivity contribution in [3.63, 3.8) is 0 Å². The number of fused-ring (bicyclic) bond motifs is 1. The molecule has 0 aliphatic carbocycles. The van der Waals surface area contributed by atoms with E-state index in [1.807, 2.05) is 31.2 Å². The van der Waals surface area contributed by atoms with Gasteiger partial charge in [-0.1, -0.05) is 31.2 Å². The number of carbonyl (C=O) groups excluding carboxylic acids is 1. The van der Waals surface area contributed by atoms with Crippen molar-refractivity contribution in [1.29, 1.82) is 0 Å². The van der Waals surface area contributed by atoms with Crippen molar-refractivity contribution in [2.45, 2.75) is 13.8 Å². The monoisotopic (exact) mass is 494 g/mol. The number of furan rings is 1. The number of nitrogens with zero attached hydrogens (tertiary/aromatic N) is 2. The van der Waals surface area contributed by atoms with Crippen molar-refractivity contribution < 1.29 is 32.5 Å². The molecular formula is C27H27FN2O6. The Bertz CT molecular complexity index is 1320. The van der Waals surface area contributed by atoms with E-state index in [1.165, 1.54) is 12.4 Å². The van der Waals surface area contributed by atoms with Gasteiger partial charge in [-0.15, -0.1) is 0 Å². The lowest BCUT2D eigenvalue weighted by Crippen LogP contribution is -2.19. The van der Waals surface area contributed by atoms with E-state index in [9.17, 15) is 9.18 Å². The van der Waals surface area contributed by atoms with Gasteiger partial charge in [0, 0.05) is 11.5 Å². The molecule has 0 unspecified atom stereocenters. The summed E-state index contributed by atoms with van der Waals surface area (Å²) in [6.07, 6.45) is 1.34. The van der Waals surface area contributed by atoms with Crippen LogP contribution in [0.25, 0.3) is 33.6 Å². The Kier molecular flexibility index (Phi) is 8.12. The van der Waals surface area contributed by atoms with Crippen LogP contribution in [0.15, 0.2) is 59.3 Å². The van der Waals surface area contributed by atoms with E-state index < -0.39 is 11.8 Å². The molecule has 0 bridgehead atoms. The molecule has 0 fully saturated rings. The molecule has 188 valence electrons. The molecule has 2 aromatic heterocycles. The quantitative estimate of drug-likeness (QED) is 0.259. The smallest absolute Gasteiger partial charge is 0.332 e. The minimum Gasteiger partial charge on any atom is -0.497 e. The summed E-state index contributed by atoms with van der Waals surface area (Å²) in [5.74, 6) is 0.425. The number of carbonyl (C=O) groups is 1. The van der Waals surface area contributed by atoms with Crippen LogP contribution in [-0.4, -0.2) is 49.5 Å². The fourth-order valence-electron chi connectivity index (χ4n) is 3.70. The third kappa shape index (κ3) is 5.63. The molecule has 1 atom stereocenters. The highest BCUT2D eigenvalue weighted by molar-refractivity contribution is 6.03. The summed E-state index contributed by atoms with van der Waals surface area (Å²) >= 11 is 0. The van der Waals surface area contributed by atoms with Crippen LogP contribution in [0, 0.1) is 11.7 Å². The summed E-state index contributed by atoms with van der Waals surface area (Å²) in [7, 11) is 1.59. The number of hydrogen-bond donors (Lipinski definition) is 0. The van der Waals surface area contributed by atoms with Crippen LogP contribution in [0.2, 0.25) is 0 Å². The zero-order valence-corrected chi connectivity index (χ0v) is 20.3. The van der Waals surface area contributed by atoms with Gasteiger partial charge in [0.1, 0.15) is 35.6 Å². The van der Waals surface area contributed by atoms with Crippen LogP contribution < -0.4 is 9.47 Å². The van der Waals surface area contributed by atoms with Crippen LogP contribution in [0.1, 0.15) is 13.8 Å². The summed E-state index contributed by atoms with van der Waals surface area (Å²) in [6.45, 7) is 4.41. The normalized spacial score (nSPS) is 11.9. The van der Waals surface area contributed by atoms with Crippen LogP contribution in [0.4, 0.5) is 4.39 Å². The number of benzene rings is 2. The summed E-state index contributed by atoms with van der Waals surface area (Å²) < 4.78 is 42.5. The summed E-state index contributed by atoms with van der Waals surface area (Å²) in [6, 6.07) is 13.7. The second-order valence-corrected chi connectivity index (χ2v) is 8.11. The van der Waals surface area contributed by atoms with Gasteiger partial charge in [0.2, 0.25) is 11.6 Å².